The molecule has 1 unspecified atom stereocenters. The molecule has 4 aliphatic rings. The number of ether oxygens (including phenoxy) is 1. The summed E-state index contributed by atoms with van der Waals surface area (Å²) in [4.78, 5) is 10.1. The average molecular weight is 448 g/mol. The minimum Gasteiger partial charge on any atom is -0.459 e. The molecule has 0 bridgehead atoms. The molecule has 2 aromatic rings. The molecule has 1 saturated carbocycles. The third-order valence-electron chi connectivity index (χ3n) is 8.31. The second-order valence-corrected chi connectivity index (χ2v) is 10.4. The van der Waals surface area contributed by atoms with E-state index in [0.717, 1.165) is 31.1 Å². The van der Waals surface area contributed by atoms with Crippen LogP contribution in [0.4, 0.5) is 4.39 Å². The van der Waals surface area contributed by atoms with Gasteiger partial charge in [-0.25, -0.2) is 9.38 Å². The van der Waals surface area contributed by atoms with Gasteiger partial charge in [-0.15, -0.1) is 0 Å². The van der Waals surface area contributed by atoms with E-state index in [4.69, 9.17) is 9.73 Å². The number of likely N-dealkylation sites (tertiary alicyclic amines) is 1. The van der Waals surface area contributed by atoms with Crippen molar-refractivity contribution in [3.05, 3.63) is 71.0 Å². The predicted molar refractivity (Wildman–Crippen MR) is 129 cm³/mol. The van der Waals surface area contributed by atoms with E-state index in [1.807, 2.05) is 12.1 Å². The van der Waals surface area contributed by atoms with Crippen LogP contribution < -0.4 is 0 Å². The average Bonchev–Trinajstić information content (AvgIpc) is 3.22. The summed E-state index contributed by atoms with van der Waals surface area (Å²) in [7, 11) is 2.23. The molecule has 174 valence electrons. The fourth-order valence-corrected chi connectivity index (χ4v) is 6.35. The zero-order valence-corrected chi connectivity index (χ0v) is 19.5. The van der Waals surface area contributed by atoms with Crippen molar-refractivity contribution in [3.8, 4) is 0 Å². The fourth-order valence-electron chi connectivity index (χ4n) is 6.35. The molecule has 0 aromatic heterocycles. The van der Waals surface area contributed by atoms with Crippen LogP contribution in [0.2, 0.25) is 0 Å². The molecule has 1 aliphatic carbocycles. The highest BCUT2D eigenvalue weighted by atomic mass is 19.1. The van der Waals surface area contributed by atoms with E-state index in [2.05, 4.69) is 41.1 Å². The topological polar surface area (TPSA) is 28.1 Å². The van der Waals surface area contributed by atoms with E-state index in [-0.39, 0.29) is 24.0 Å². The molecule has 2 fully saturated rings. The Morgan fingerprint density at radius 3 is 2.48 bits per heavy atom. The molecule has 3 heterocycles. The van der Waals surface area contributed by atoms with Crippen molar-refractivity contribution in [2.75, 3.05) is 26.7 Å². The van der Waals surface area contributed by atoms with Crippen LogP contribution in [0.25, 0.3) is 0 Å². The predicted octanol–water partition coefficient (Wildman–Crippen LogP) is 5.04. The maximum Gasteiger partial charge on any atom is 0.288 e. The Morgan fingerprint density at radius 2 is 1.73 bits per heavy atom. The minimum atomic E-state index is -0.199. The summed E-state index contributed by atoms with van der Waals surface area (Å²) in [5, 5.41) is 0. The van der Waals surface area contributed by atoms with E-state index in [1.54, 1.807) is 12.1 Å². The van der Waals surface area contributed by atoms with Crippen molar-refractivity contribution < 1.29 is 9.13 Å². The molecule has 4 nitrogen and oxygen atoms in total. The fraction of sp³-hybridized carbons (Fsp3) is 0.536. The molecule has 0 amide bonds. The Kier molecular flexibility index (Phi) is 5.61. The smallest absolute Gasteiger partial charge is 0.288 e. The van der Waals surface area contributed by atoms with Crippen molar-refractivity contribution >= 4 is 6.02 Å². The van der Waals surface area contributed by atoms with Crippen LogP contribution in [0, 0.1) is 17.7 Å². The number of piperidine rings is 1. The molecule has 3 aliphatic heterocycles. The first-order valence-electron chi connectivity index (χ1n) is 12.7. The number of benzene rings is 2. The van der Waals surface area contributed by atoms with Crippen LogP contribution in [0.3, 0.4) is 0 Å². The zero-order chi connectivity index (χ0) is 22.4. The lowest BCUT2D eigenvalue weighted by Gasteiger charge is -2.40. The lowest BCUT2D eigenvalue weighted by Crippen LogP contribution is -2.46. The maximum atomic E-state index is 13.8. The number of hydrogen-bond donors (Lipinski definition) is 0. The molecule has 2 aromatic carbocycles. The van der Waals surface area contributed by atoms with E-state index in [1.165, 1.54) is 49.8 Å². The summed E-state index contributed by atoms with van der Waals surface area (Å²) in [6, 6.07) is 16.7. The lowest BCUT2D eigenvalue weighted by molar-refractivity contribution is 0.0342. The van der Waals surface area contributed by atoms with Gasteiger partial charge >= 0.3 is 0 Å². The first kappa shape index (κ1) is 21.2. The van der Waals surface area contributed by atoms with Crippen LogP contribution in [0.5, 0.6) is 0 Å². The van der Waals surface area contributed by atoms with Gasteiger partial charge < -0.3 is 14.5 Å². The lowest BCUT2D eigenvalue weighted by atomic mass is 9.74. The van der Waals surface area contributed by atoms with Crippen molar-refractivity contribution in [1.82, 2.24) is 9.80 Å². The summed E-state index contributed by atoms with van der Waals surface area (Å²) in [5.74, 6) is 0.994. The van der Waals surface area contributed by atoms with E-state index >= 15 is 0 Å². The van der Waals surface area contributed by atoms with Gasteiger partial charge in [0.25, 0.3) is 6.02 Å². The SMILES string of the molecule is CN1CCC[C@H]([C@H]2OC(N3CCc4ccccc4[C@@H]3c3ccc(F)cc3)=NC2C2CCC2)C1. The van der Waals surface area contributed by atoms with Gasteiger partial charge in [0.05, 0.1) is 12.1 Å². The zero-order valence-electron chi connectivity index (χ0n) is 19.5. The number of nitrogens with zero attached hydrogens (tertiary/aromatic N) is 3. The van der Waals surface area contributed by atoms with Gasteiger partial charge in [0.2, 0.25) is 0 Å². The summed E-state index contributed by atoms with van der Waals surface area (Å²) in [5.41, 5.74) is 3.74. The van der Waals surface area contributed by atoms with Crippen LogP contribution in [0.1, 0.15) is 54.8 Å². The van der Waals surface area contributed by atoms with E-state index < -0.39 is 0 Å². The summed E-state index contributed by atoms with van der Waals surface area (Å²) >= 11 is 0. The Hall–Kier alpha value is -2.40. The third-order valence-corrected chi connectivity index (χ3v) is 8.31. The Balaban J connectivity index is 1.35. The van der Waals surface area contributed by atoms with Gasteiger partial charge in [0.15, 0.2) is 0 Å². The second kappa shape index (κ2) is 8.75. The quantitative estimate of drug-likeness (QED) is 0.660. The standard InChI is InChI=1S/C28H34FN3O/c1-31-16-5-9-22(18-31)27-25(20-7-4-8-20)30-28(33-27)32-17-15-19-6-2-3-10-24(19)26(32)21-11-13-23(29)14-12-21/h2-3,6,10-14,20,22,25-27H,4-5,7-9,15-18H2,1H3/t22-,25?,26-,27+/m0/s1. The normalized spacial score (nSPS) is 30.4. The second-order valence-electron chi connectivity index (χ2n) is 10.4. The number of rotatable bonds is 3. The molecule has 0 spiro atoms. The van der Waals surface area contributed by atoms with E-state index in [9.17, 15) is 4.39 Å². The van der Waals surface area contributed by atoms with Crippen LogP contribution in [-0.4, -0.2) is 54.6 Å². The third kappa shape index (κ3) is 3.95. The van der Waals surface area contributed by atoms with Gasteiger partial charge in [-0.2, -0.15) is 0 Å². The number of aliphatic imine (C=N–C) groups is 1. The van der Waals surface area contributed by atoms with Gasteiger partial charge in [0.1, 0.15) is 11.9 Å². The first-order valence-corrected chi connectivity index (χ1v) is 12.7. The van der Waals surface area contributed by atoms with E-state index in [0.29, 0.717) is 11.8 Å². The summed E-state index contributed by atoms with van der Waals surface area (Å²) in [6.07, 6.45) is 7.48. The summed E-state index contributed by atoms with van der Waals surface area (Å²) < 4.78 is 20.6. The van der Waals surface area contributed by atoms with Crippen LogP contribution in [0.15, 0.2) is 53.5 Å². The molecule has 4 atom stereocenters. The highest BCUT2D eigenvalue weighted by Crippen LogP contribution is 2.42. The van der Waals surface area contributed by atoms with Crippen LogP contribution in [-0.2, 0) is 11.2 Å². The molecular formula is C28H34FN3O. The molecule has 0 N–H and O–H groups in total. The van der Waals surface area contributed by atoms with Crippen molar-refractivity contribution in [2.45, 2.75) is 56.7 Å². The van der Waals surface area contributed by atoms with Crippen molar-refractivity contribution in [3.63, 3.8) is 0 Å². The molecule has 33 heavy (non-hydrogen) atoms. The molecule has 6 rings (SSSR count). The summed E-state index contributed by atoms with van der Waals surface area (Å²) in [6.45, 7) is 3.15. The van der Waals surface area contributed by atoms with Gasteiger partial charge in [-0.05, 0) is 80.4 Å². The largest absolute Gasteiger partial charge is 0.459 e. The Labute approximate surface area is 196 Å². The molecule has 1 saturated heterocycles. The van der Waals surface area contributed by atoms with Gasteiger partial charge in [-0.1, -0.05) is 42.8 Å². The highest BCUT2D eigenvalue weighted by Gasteiger charge is 2.46. The number of hydrogen-bond acceptors (Lipinski definition) is 4. The number of halogens is 1. The minimum absolute atomic E-state index is 0.00381. The molecule has 5 heteroatoms. The molecule has 0 radical (unpaired) electrons. The van der Waals surface area contributed by atoms with Crippen LogP contribution >= 0.6 is 0 Å². The maximum absolute atomic E-state index is 13.8. The Bertz CT molecular complexity index is 1020. The first-order chi connectivity index (χ1) is 16.2. The number of amidine groups is 1. The Morgan fingerprint density at radius 1 is 0.939 bits per heavy atom. The number of fused-ring (bicyclic) bond motifs is 1. The van der Waals surface area contributed by atoms with Crippen molar-refractivity contribution in [1.29, 1.82) is 0 Å². The highest BCUT2D eigenvalue weighted by molar-refractivity contribution is 5.78. The van der Waals surface area contributed by atoms with Gasteiger partial charge in [0, 0.05) is 19.0 Å². The van der Waals surface area contributed by atoms with Crippen molar-refractivity contribution in [2.24, 2.45) is 16.8 Å². The van der Waals surface area contributed by atoms with Gasteiger partial charge in [-0.3, -0.25) is 0 Å². The molecular weight excluding hydrogens is 413 g/mol. The monoisotopic (exact) mass is 447 g/mol.